The van der Waals surface area contributed by atoms with E-state index in [1.807, 2.05) is 0 Å². The van der Waals surface area contributed by atoms with Gasteiger partial charge < -0.3 is 15.0 Å². The quantitative estimate of drug-likeness (QED) is 0.847. The van der Waals surface area contributed by atoms with Crippen LogP contribution in [-0.4, -0.2) is 17.3 Å². The highest BCUT2D eigenvalue weighted by Crippen LogP contribution is 2.26. The zero-order valence-corrected chi connectivity index (χ0v) is 10.4. The van der Waals surface area contributed by atoms with E-state index >= 15 is 0 Å². The molecule has 0 radical (unpaired) electrons. The summed E-state index contributed by atoms with van der Waals surface area (Å²) in [6, 6.07) is 4.28. The molecule has 0 fully saturated rings. The highest BCUT2D eigenvalue weighted by Gasteiger charge is 2.27. The van der Waals surface area contributed by atoms with Gasteiger partial charge in [-0.1, -0.05) is 5.16 Å². The zero-order chi connectivity index (χ0) is 13.3. The van der Waals surface area contributed by atoms with Crippen LogP contribution in [0.2, 0.25) is 0 Å². The summed E-state index contributed by atoms with van der Waals surface area (Å²) in [6.07, 6.45) is 0. The van der Waals surface area contributed by atoms with Crippen LogP contribution < -0.4 is 5.73 Å². The molecule has 0 bridgehead atoms. The first-order valence-corrected chi connectivity index (χ1v) is 5.39. The summed E-state index contributed by atoms with van der Waals surface area (Å²) >= 11 is 0. The number of halogens is 1. The number of nitrogens with two attached hydrogens (primary N) is 1. The van der Waals surface area contributed by atoms with Gasteiger partial charge in [0.1, 0.15) is 11.4 Å². The Balaban J connectivity index is 2.41. The summed E-state index contributed by atoms with van der Waals surface area (Å²) in [7, 11) is 1.54. The van der Waals surface area contributed by atoms with E-state index in [0.717, 1.165) is 0 Å². The zero-order valence-electron chi connectivity index (χ0n) is 10.4. The van der Waals surface area contributed by atoms with Crippen LogP contribution in [0.25, 0.3) is 11.5 Å². The number of hydrogen-bond acceptors (Lipinski definition) is 5. The smallest absolute Gasteiger partial charge is 0.261 e. The van der Waals surface area contributed by atoms with Crippen molar-refractivity contribution in [1.82, 2.24) is 10.1 Å². The van der Waals surface area contributed by atoms with E-state index in [4.69, 9.17) is 15.0 Å². The van der Waals surface area contributed by atoms with Crippen molar-refractivity contribution >= 4 is 5.69 Å². The molecule has 1 aromatic carbocycles. The lowest BCUT2D eigenvalue weighted by molar-refractivity contribution is 0.00973. The highest BCUT2D eigenvalue weighted by molar-refractivity contribution is 5.58. The molecule has 1 aromatic heterocycles. The Morgan fingerprint density at radius 2 is 2.11 bits per heavy atom. The molecule has 0 atom stereocenters. The lowest BCUT2D eigenvalue weighted by atomic mass is 10.1. The standard InChI is InChI=1S/C12H14FN3O2/c1-12(2,17-3)11-15-10(18-16-11)8-5-4-7(14)6-9(8)13/h4-6H,14H2,1-3H3. The number of anilines is 1. The van der Waals surface area contributed by atoms with Crippen molar-refractivity contribution in [2.45, 2.75) is 19.4 Å². The summed E-state index contributed by atoms with van der Waals surface area (Å²) in [5, 5.41) is 3.79. The first-order chi connectivity index (χ1) is 8.44. The number of aromatic nitrogens is 2. The molecule has 0 saturated carbocycles. The van der Waals surface area contributed by atoms with E-state index in [2.05, 4.69) is 10.1 Å². The van der Waals surface area contributed by atoms with Gasteiger partial charge >= 0.3 is 0 Å². The third kappa shape index (κ3) is 2.19. The molecule has 2 aromatic rings. The van der Waals surface area contributed by atoms with Gasteiger partial charge in [-0.3, -0.25) is 0 Å². The highest BCUT2D eigenvalue weighted by atomic mass is 19.1. The number of nitrogens with zero attached hydrogens (tertiary/aromatic N) is 2. The van der Waals surface area contributed by atoms with Crippen LogP contribution in [-0.2, 0) is 10.3 Å². The summed E-state index contributed by atoms with van der Waals surface area (Å²) in [4.78, 5) is 4.13. The predicted octanol–water partition coefficient (Wildman–Crippen LogP) is 2.34. The number of ether oxygens (including phenoxy) is 1. The fraction of sp³-hybridized carbons (Fsp3) is 0.333. The molecule has 96 valence electrons. The number of methoxy groups -OCH3 is 1. The maximum Gasteiger partial charge on any atom is 0.261 e. The van der Waals surface area contributed by atoms with Gasteiger partial charge in [0.25, 0.3) is 5.89 Å². The van der Waals surface area contributed by atoms with Crippen LogP contribution in [0, 0.1) is 5.82 Å². The van der Waals surface area contributed by atoms with Crippen LogP contribution in [0.15, 0.2) is 22.7 Å². The Morgan fingerprint density at radius 1 is 1.39 bits per heavy atom. The van der Waals surface area contributed by atoms with E-state index in [-0.39, 0.29) is 11.5 Å². The van der Waals surface area contributed by atoms with Crippen LogP contribution >= 0.6 is 0 Å². The van der Waals surface area contributed by atoms with Gasteiger partial charge in [0.05, 0.1) is 5.56 Å². The van der Waals surface area contributed by atoms with Crippen molar-refractivity contribution in [3.63, 3.8) is 0 Å². The Bertz CT molecular complexity index is 566. The monoisotopic (exact) mass is 251 g/mol. The average Bonchev–Trinajstić information content (AvgIpc) is 2.79. The van der Waals surface area contributed by atoms with Gasteiger partial charge in [-0.15, -0.1) is 0 Å². The predicted molar refractivity (Wildman–Crippen MR) is 64.1 cm³/mol. The number of hydrogen-bond donors (Lipinski definition) is 1. The topological polar surface area (TPSA) is 74.2 Å². The van der Waals surface area contributed by atoms with Crippen molar-refractivity contribution in [3.05, 3.63) is 29.8 Å². The van der Waals surface area contributed by atoms with E-state index in [1.54, 1.807) is 27.0 Å². The maximum atomic E-state index is 13.7. The lowest BCUT2D eigenvalue weighted by Crippen LogP contribution is -2.21. The molecule has 2 N–H and O–H groups in total. The minimum atomic E-state index is -0.688. The molecule has 6 heteroatoms. The molecule has 0 saturated heterocycles. The molecule has 2 rings (SSSR count). The van der Waals surface area contributed by atoms with Crippen molar-refractivity contribution < 1.29 is 13.7 Å². The molecule has 0 aliphatic rings. The fourth-order valence-corrected chi connectivity index (χ4v) is 1.37. The van der Waals surface area contributed by atoms with Gasteiger partial charge in [-0.25, -0.2) is 4.39 Å². The van der Waals surface area contributed by atoms with Crippen LogP contribution in [0.3, 0.4) is 0 Å². The first kappa shape index (κ1) is 12.5. The Kier molecular flexibility index (Phi) is 3.04. The van der Waals surface area contributed by atoms with Crippen LogP contribution in [0.5, 0.6) is 0 Å². The fourth-order valence-electron chi connectivity index (χ4n) is 1.37. The largest absolute Gasteiger partial charge is 0.399 e. The molecule has 1 heterocycles. The van der Waals surface area contributed by atoms with Gasteiger partial charge in [-0.2, -0.15) is 4.98 Å². The van der Waals surface area contributed by atoms with Gasteiger partial charge in [0, 0.05) is 12.8 Å². The Labute approximate surface area is 104 Å². The normalized spacial score (nSPS) is 11.8. The van der Waals surface area contributed by atoms with Crippen LogP contribution in [0.4, 0.5) is 10.1 Å². The van der Waals surface area contributed by atoms with Crippen molar-refractivity contribution in [1.29, 1.82) is 0 Å². The second kappa shape index (κ2) is 4.38. The van der Waals surface area contributed by atoms with Gasteiger partial charge in [0.2, 0.25) is 5.82 Å². The number of benzene rings is 1. The SMILES string of the molecule is COC(C)(C)c1noc(-c2ccc(N)cc2F)n1. The molecular weight excluding hydrogens is 237 g/mol. The van der Waals surface area contributed by atoms with Crippen molar-refractivity contribution in [2.75, 3.05) is 12.8 Å². The van der Waals surface area contributed by atoms with E-state index in [9.17, 15) is 4.39 Å². The molecule has 0 amide bonds. The molecular formula is C12H14FN3O2. The summed E-state index contributed by atoms with van der Waals surface area (Å²) < 4.78 is 23.9. The Morgan fingerprint density at radius 3 is 2.72 bits per heavy atom. The van der Waals surface area contributed by atoms with E-state index < -0.39 is 11.4 Å². The second-order valence-corrected chi connectivity index (χ2v) is 4.38. The molecule has 0 aliphatic heterocycles. The van der Waals surface area contributed by atoms with Crippen molar-refractivity contribution in [3.8, 4) is 11.5 Å². The van der Waals surface area contributed by atoms with Crippen LogP contribution in [0.1, 0.15) is 19.7 Å². The summed E-state index contributed by atoms with van der Waals surface area (Å²) in [5.41, 5.74) is 5.34. The molecule has 0 spiro atoms. The minimum absolute atomic E-state index is 0.104. The Hall–Kier alpha value is -1.95. The molecule has 5 nitrogen and oxygen atoms in total. The second-order valence-electron chi connectivity index (χ2n) is 4.38. The molecule has 0 unspecified atom stereocenters. The van der Waals surface area contributed by atoms with Crippen molar-refractivity contribution in [2.24, 2.45) is 0 Å². The minimum Gasteiger partial charge on any atom is -0.399 e. The maximum absolute atomic E-state index is 13.7. The summed E-state index contributed by atoms with van der Waals surface area (Å²) in [6.45, 7) is 3.59. The average molecular weight is 251 g/mol. The third-order valence-electron chi connectivity index (χ3n) is 2.70. The summed E-state index contributed by atoms with van der Waals surface area (Å²) in [5.74, 6) is -0.0377. The van der Waals surface area contributed by atoms with Gasteiger partial charge in [0.15, 0.2) is 0 Å². The van der Waals surface area contributed by atoms with E-state index in [1.165, 1.54) is 12.1 Å². The first-order valence-electron chi connectivity index (χ1n) is 5.39. The number of rotatable bonds is 3. The van der Waals surface area contributed by atoms with E-state index in [0.29, 0.717) is 11.5 Å². The lowest BCUT2D eigenvalue weighted by Gasteiger charge is -2.17. The van der Waals surface area contributed by atoms with Gasteiger partial charge in [-0.05, 0) is 32.0 Å². The third-order valence-corrected chi connectivity index (χ3v) is 2.70. The molecule has 0 aliphatic carbocycles. The number of nitrogen functional groups attached to an aromatic ring is 1. The molecule has 18 heavy (non-hydrogen) atoms.